The summed E-state index contributed by atoms with van der Waals surface area (Å²) in [6.45, 7) is 1.95. The summed E-state index contributed by atoms with van der Waals surface area (Å²) in [6, 6.07) is 11.5. The standard InChI is InChI=1S/C22H18F3N3O2S/c1-3-15(2)28(14-16-5-4-6-17(13-16)20-26-11-12-31-20)21(29)27-18-7-9-19(10-8-18)30-22(23,24)25/h1,4-13,15H,14H2,2H3,(H,27,29). The minimum atomic E-state index is -4.78. The number of nitrogens with one attached hydrogen (secondary N) is 1. The molecular formula is C22H18F3N3O2S. The van der Waals surface area contributed by atoms with Crippen molar-refractivity contribution in [1.82, 2.24) is 9.88 Å². The first-order chi connectivity index (χ1) is 14.7. The van der Waals surface area contributed by atoms with Gasteiger partial charge in [0.1, 0.15) is 10.8 Å². The van der Waals surface area contributed by atoms with E-state index in [4.69, 9.17) is 6.42 Å². The SMILES string of the molecule is C#CC(C)N(Cc1cccc(-c2nccs2)c1)C(=O)Nc1ccc(OC(F)(F)F)cc1. The van der Waals surface area contributed by atoms with Gasteiger partial charge in [-0.3, -0.25) is 0 Å². The molecule has 2 amide bonds. The Morgan fingerprint density at radius 1 is 1.29 bits per heavy atom. The highest BCUT2D eigenvalue weighted by molar-refractivity contribution is 7.13. The van der Waals surface area contributed by atoms with E-state index in [0.717, 1.165) is 28.3 Å². The number of alkyl halides is 3. The van der Waals surface area contributed by atoms with Gasteiger partial charge in [0.05, 0.1) is 6.04 Å². The molecule has 0 aliphatic carbocycles. The van der Waals surface area contributed by atoms with E-state index in [-0.39, 0.29) is 12.3 Å². The fraction of sp³-hybridized carbons (Fsp3) is 0.182. The van der Waals surface area contributed by atoms with Crippen LogP contribution in [0.25, 0.3) is 10.6 Å². The van der Waals surface area contributed by atoms with Crippen molar-refractivity contribution in [3.63, 3.8) is 0 Å². The molecule has 0 fully saturated rings. The number of amides is 2. The van der Waals surface area contributed by atoms with Crippen LogP contribution in [0.4, 0.5) is 23.7 Å². The highest BCUT2D eigenvalue weighted by Gasteiger charge is 2.31. The van der Waals surface area contributed by atoms with Crippen LogP contribution in [0.15, 0.2) is 60.1 Å². The lowest BCUT2D eigenvalue weighted by molar-refractivity contribution is -0.274. The van der Waals surface area contributed by atoms with Gasteiger partial charge >= 0.3 is 12.4 Å². The number of hydrogen-bond acceptors (Lipinski definition) is 4. The van der Waals surface area contributed by atoms with Crippen LogP contribution in [-0.2, 0) is 6.54 Å². The largest absolute Gasteiger partial charge is 0.573 e. The molecular weight excluding hydrogens is 427 g/mol. The molecule has 0 radical (unpaired) electrons. The quantitative estimate of drug-likeness (QED) is 0.491. The predicted molar refractivity (Wildman–Crippen MR) is 114 cm³/mol. The minimum Gasteiger partial charge on any atom is -0.406 e. The Hall–Kier alpha value is -3.51. The number of ether oxygens (including phenoxy) is 1. The predicted octanol–water partition coefficient (Wildman–Crippen LogP) is 5.76. The van der Waals surface area contributed by atoms with Crippen LogP contribution in [0, 0.1) is 12.3 Å². The topological polar surface area (TPSA) is 54.5 Å². The van der Waals surface area contributed by atoms with Gasteiger partial charge in [0.2, 0.25) is 0 Å². The Bertz CT molecular complexity index is 1060. The Labute approximate surface area is 181 Å². The number of benzene rings is 2. The molecule has 1 atom stereocenters. The summed E-state index contributed by atoms with van der Waals surface area (Å²) in [5.41, 5.74) is 2.10. The van der Waals surface area contributed by atoms with E-state index in [1.807, 2.05) is 29.6 Å². The Balaban J connectivity index is 1.73. The van der Waals surface area contributed by atoms with E-state index in [9.17, 15) is 18.0 Å². The van der Waals surface area contributed by atoms with E-state index in [0.29, 0.717) is 5.69 Å². The second-order valence-electron chi connectivity index (χ2n) is 6.51. The highest BCUT2D eigenvalue weighted by atomic mass is 32.1. The van der Waals surface area contributed by atoms with Gasteiger partial charge < -0.3 is 15.0 Å². The van der Waals surface area contributed by atoms with Gasteiger partial charge in [-0.2, -0.15) is 0 Å². The molecule has 160 valence electrons. The normalized spacial score (nSPS) is 12.0. The van der Waals surface area contributed by atoms with Crippen LogP contribution >= 0.6 is 11.3 Å². The van der Waals surface area contributed by atoms with E-state index in [1.165, 1.54) is 28.4 Å². The molecule has 9 heteroatoms. The van der Waals surface area contributed by atoms with Crippen molar-refractivity contribution in [3.8, 4) is 28.7 Å². The number of rotatable bonds is 6. The van der Waals surface area contributed by atoms with Crippen LogP contribution in [0.3, 0.4) is 0 Å². The molecule has 0 aliphatic heterocycles. The smallest absolute Gasteiger partial charge is 0.406 e. The van der Waals surface area contributed by atoms with E-state index < -0.39 is 18.4 Å². The monoisotopic (exact) mass is 445 g/mol. The van der Waals surface area contributed by atoms with Crippen LogP contribution in [0.2, 0.25) is 0 Å². The third-order valence-corrected chi connectivity index (χ3v) is 5.09. The lowest BCUT2D eigenvalue weighted by atomic mass is 10.1. The summed E-state index contributed by atoms with van der Waals surface area (Å²) in [6.07, 6.45) is 2.48. The van der Waals surface area contributed by atoms with Crippen LogP contribution in [-0.4, -0.2) is 28.3 Å². The van der Waals surface area contributed by atoms with Gasteiger partial charge in [0.15, 0.2) is 0 Å². The number of thiazole rings is 1. The zero-order chi connectivity index (χ0) is 22.4. The zero-order valence-electron chi connectivity index (χ0n) is 16.4. The summed E-state index contributed by atoms with van der Waals surface area (Å²) < 4.78 is 40.7. The van der Waals surface area contributed by atoms with Crippen LogP contribution in [0.1, 0.15) is 12.5 Å². The Morgan fingerprint density at radius 2 is 2.03 bits per heavy atom. The number of carbonyl (C=O) groups is 1. The average Bonchev–Trinajstić information content (AvgIpc) is 3.27. The van der Waals surface area contributed by atoms with Crippen LogP contribution in [0.5, 0.6) is 5.75 Å². The first kappa shape index (κ1) is 22.2. The molecule has 0 aliphatic rings. The minimum absolute atomic E-state index is 0.242. The summed E-state index contributed by atoms with van der Waals surface area (Å²) in [7, 11) is 0. The maximum atomic E-state index is 12.8. The number of urea groups is 1. The number of hydrogen-bond donors (Lipinski definition) is 1. The number of halogens is 3. The first-order valence-electron chi connectivity index (χ1n) is 9.13. The number of terminal acetylenes is 1. The van der Waals surface area contributed by atoms with Crippen molar-refractivity contribution >= 4 is 23.1 Å². The van der Waals surface area contributed by atoms with Crippen molar-refractivity contribution in [2.24, 2.45) is 0 Å². The van der Waals surface area contributed by atoms with Crippen molar-refractivity contribution in [3.05, 3.63) is 65.7 Å². The number of anilines is 1. The zero-order valence-corrected chi connectivity index (χ0v) is 17.2. The van der Waals surface area contributed by atoms with E-state index in [2.05, 4.69) is 21.0 Å². The third-order valence-electron chi connectivity index (χ3n) is 4.27. The van der Waals surface area contributed by atoms with Crippen molar-refractivity contribution in [2.75, 3.05) is 5.32 Å². The molecule has 1 unspecified atom stereocenters. The number of nitrogens with zero attached hydrogens (tertiary/aromatic N) is 2. The van der Waals surface area contributed by atoms with E-state index >= 15 is 0 Å². The molecule has 1 aromatic heterocycles. The second kappa shape index (κ2) is 9.53. The van der Waals surface area contributed by atoms with Gasteiger partial charge in [-0.05, 0) is 42.8 Å². The summed E-state index contributed by atoms with van der Waals surface area (Å²) >= 11 is 1.51. The van der Waals surface area contributed by atoms with Crippen molar-refractivity contribution in [1.29, 1.82) is 0 Å². The highest BCUT2D eigenvalue weighted by Crippen LogP contribution is 2.25. The maximum Gasteiger partial charge on any atom is 0.573 e. The Morgan fingerprint density at radius 3 is 2.65 bits per heavy atom. The van der Waals surface area contributed by atoms with Gasteiger partial charge in [-0.15, -0.1) is 30.9 Å². The molecule has 0 saturated carbocycles. The molecule has 0 bridgehead atoms. The third kappa shape index (κ3) is 6.23. The maximum absolute atomic E-state index is 12.8. The molecule has 5 nitrogen and oxygen atoms in total. The van der Waals surface area contributed by atoms with Gasteiger partial charge in [-0.1, -0.05) is 24.1 Å². The molecule has 1 N–H and O–H groups in total. The second-order valence-corrected chi connectivity index (χ2v) is 7.41. The average molecular weight is 445 g/mol. The van der Waals surface area contributed by atoms with Gasteiger partial charge in [0, 0.05) is 29.4 Å². The fourth-order valence-electron chi connectivity index (χ4n) is 2.78. The fourth-order valence-corrected chi connectivity index (χ4v) is 3.41. The molecule has 0 saturated heterocycles. The van der Waals surface area contributed by atoms with Gasteiger partial charge in [-0.25, -0.2) is 9.78 Å². The number of carbonyl (C=O) groups excluding carboxylic acids is 1. The molecule has 1 heterocycles. The molecule has 3 aromatic rings. The first-order valence-corrected chi connectivity index (χ1v) is 10.0. The molecule has 2 aromatic carbocycles. The van der Waals surface area contributed by atoms with E-state index in [1.54, 1.807) is 13.1 Å². The van der Waals surface area contributed by atoms with Gasteiger partial charge in [0.25, 0.3) is 0 Å². The van der Waals surface area contributed by atoms with Crippen LogP contribution < -0.4 is 10.1 Å². The Kier molecular flexibility index (Phi) is 6.82. The molecule has 3 rings (SSSR count). The summed E-state index contributed by atoms with van der Waals surface area (Å²) in [5.74, 6) is 2.16. The number of aromatic nitrogens is 1. The molecule has 31 heavy (non-hydrogen) atoms. The summed E-state index contributed by atoms with van der Waals surface area (Å²) in [4.78, 5) is 18.6. The van der Waals surface area contributed by atoms with Crippen molar-refractivity contribution < 1.29 is 22.7 Å². The van der Waals surface area contributed by atoms with Crippen molar-refractivity contribution in [2.45, 2.75) is 25.9 Å². The molecule has 0 spiro atoms. The lowest BCUT2D eigenvalue weighted by Crippen LogP contribution is -2.40. The lowest BCUT2D eigenvalue weighted by Gasteiger charge is -2.26. The summed E-state index contributed by atoms with van der Waals surface area (Å²) in [5, 5.41) is 5.40.